The molecule has 0 heterocycles. The van der Waals surface area contributed by atoms with Crippen molar-refractivity contribution in [2.45, 2.75) is 9.79 Å². The molecule has 0 aliphatic rings. The van der Waals surface area contributed by atoms with E-state index >= 15 is 0 Å². The highest BCUT2D eigenvalue weighted by molar-refractivity contribution is 9.10. The van der Waals surface area contributed by atoms with Crippen molar-refractivity contribution in [1.29, 1.82) is 0 Å². The second-order valence-corrected chi connectivity index (χ2v) is 6.36. The molecule has 0 amide bonds. The van der Waals surface area contributed by atoms with Crippen LogP contribution in [0.1, 0.15) is 10.4 Å². The minimum absolute atomic E-state index is 0.0403. The summed E-state index contributed by atoms with van der Waals surface area (Å²) in [5, 5.41) is 20.2. The normalized spacial score (nSPS) is 10.4. The Hall–Kier alpha value is -1.57. The average Bonchev–Trinajstić information content (AvgIpc) is 2.42. The van der Waals surface area contributed by atoms with Crippen LogP contribution >= 0.6 is 39.3 Å². The van der Waals surface area contributed by atoms with Crippen LogP contribution in [-0.4, -0.2) is 16.0 Å². The van der Waals surface area contributed by atoms with Crippen molar-refractivity contribution in [3.63, 3.8) is 0 Å². The number of nitrogens with zero attached hydrogens (tertiary/aromatic N) is 1. The molecule has 2 aromatic rings. The number of halogens is 2. The van der Waals surface area contributed by atoms with E-state index in [1.165, 1.54) is 18.2 Å². The number of carboxylic acid groups (broad SMARTS) is 1. The monoisotopic (exact) mass is 387 g/mol. The lowest BCUT2D eigenvalue weighted by Gasteiger charge is -2.05. The summed E-state index contributed by atoms with van der Waals surface area (Å²) in [4.78, 5) is 22.6. The molecule has 0 bridgehead atoms. The van der Waals surface area contributed by atoms with E-state index in [4.69, 9.17) is 16.7 Å². The summed E-state index contributed by atoms with van der Waals surface area (Å²) in [5.74, 6) is -1.15. The van der Waals surface area contributed by atoms with Crippen molar-refractivity contribution < 1.29 is 14.8 Å². The number of nitro benzene ring substituents is 1. The summed E-state index contributed by atoms with van der Waals surface area (Å²) in [6.07, 6.45) is 0. The third kappa shape index (κ3) is 3.75. The van der Waals surface area contributed by atoms with Crippen molar-refractivity contribution in [3.05, 3.63) is 61.6 Å². The molecule has 8 heteroatoms. The Morgan fingerprint density at radius 3 is 2.62 bits per heavy atom. The molecule has 5 nitrogen and oxygen atoms in total. The molecule has 0 aliphatic heterocycles. The quantitative estimate of drug-likeness (QED) is 0.597. The number of rotatable bonds is 4. The van der Waals surface area contributed by atoms with Crippen molar-refractivity contribution in [3.8, 4) is 0 Å². The third-order valence-electron chi connectivity index (χ3n) is 2.51. The molecular weight excluding hydrogens is 382 g/mol. The molecule has 0 atom stereocenters. The van der Waals surface area contributed by atoms with Crippen molar-refractivity contribution in [2.24, 2.45) is 0 Å². The van der Waals surface area contributed by atoms with Crippen LogP contribution < -0.4 is 0 Å². The van der Waals surface area contributed by atoms with Gasteiger partial charge in [-0.2, -0.15) is 0 Å². The number of nitro groups is 1. The van der Waals surface area contributed by atoms with Gasteiger partial charge in [-0.15, -0.1) is 0 Å². The molecule has 0 radical (unpaired) electrons. The largest absolute Gasteiger partial charge is 0.478 e. The van der Waals surface area contributed by atoms with Crippen LogP contribution in [0.2, 0.25) is 5.02 Å². The molecule has 0 saturated carbocycles. The molecular formula is C13H7BrClNO4S. The molecule has 0 unspecified atom stereocenters. The number of hydrogen-bond donors (Lipinski definition) is 1. The Kier molecular flexibility index (Phi) is 4.87. The summed E-state index contributed by atoms with van der Waals surface area (Å²) in [6.45, 7) is 0. The van der Waals surface area contributed by atoms with Crippen LogP contribution in [0, 0.1) is 10.1 Å². The lowest BCUT2D eigenvalue weighted by Crippen LogP contribution is -1.97. The molecule has 0 saturated heterocycles. The number of aromatic carboxylic acids is 1. The van der Waals surface area contributed by atoms with Gasteiger partial charge in [0.1, 0.15) is 0 Å². The fraction of sp³-hybridized carbons (Fsp3) is 0. The number of hydrogen-bond acceptors (Lipinski definition) is 4. The topological polar surface area (TPSA) is 80.4 Å². The number of carbonyl (C=O) groups is 1. The zero-order chi connectivity index (χ0) is 15.6. The van der Waals surface area contributed by atoms with Crippen LogP contribution in [0.15, 0.2) is 50.7 Å². The van der Waals surface area contributed by atoms with E-state index in [1.54, 1.807) is 18.2 Å². The molecule has 1 N–H and O–H groups in total. The van der Waals surface area contributed by atoms with Crippen LogP contribution in [0.4, 0.5) is 5.69 Å². The van der Waals surface area contributed by atoms with Gasteiger partial charge in [0.25, 0.3) is 5.69 Å². The Bertz CT molecular complexity index is 738. The first kappa shape index (κ1) is 15.8. The van der Waals surface area contributed by atoms with E-state index < -0.39 is 10.9 Å². The van der Waals surface area contributed by atoms with Gasteiger partial charge in [-0.05, 0) is 30.3 Å². The van der Waals surface area contributed by atoms with E-state index in [1.807, 2.05) is 0 Å². The number of carboxylic acids is 1. The second kappa shape index (κ2) is 6.46. The summed E-state index contributed by atoms with van der Waals surface area (Å²) in [5.41, 5.74) is -0.0948. The molecule has 0 aliphatic carbocycles. The van der Waals surface area contributed by atoms with Crippen molar-refractivity contribution in [1.82, 2.24) is 0 Å². The molecule has 0 spiro atoms. The first-order chi connectivity index (χ1) is 9.88. The van der Waals surface area contributed by atoms with Crippen LogP contribution in [-0.2, 0) is 0 Å². The van der Waals surface area contributed by atoms with Gasteiger partial charge in [0, 0.05) is 15.4 Å². The molecule has 2 aromatic carbocycles. The van der Waals surface area contributed by atoms with Gasteiger partial charge in [0.2, 0.25) is 0 Å². The lowest BCUT2D eigenvalue weighted by atomic mass is 10.2. The van der Waals surface area contributed by atoms with Crippen LogP contribution in [0.25, 0.3) is 0 Å². The van der Waals surface area contributed by atoms with E-state index in [2.05, 4.69) is 15.9 Å². The molecule has 21 heavy (non-hydrogen) atoms. The lowest BCUT2D eigenvalue weighted by molar-refractivity contribution is -0.387. The third-order valence-corrected chi connectivity index (χ3v) is 4.39. The zero-order valence-electron chi connectivity index (χ0n) is 10.2. The van der Waals surface area contributed by atoms with Gasteiger partial charge in [-0.1, -0.05) is 39.3 Å². The smallest absolute Gasteiger partial charge is 0.337 e. The summed E-state index contributed by atoms with van der Waals surface area (Å²) in [6, 6.07) is 9.14. The van der Waals surface area contributed by atoms with Crippen LogP contribution in [0.3, 0.4) is 0 Å². The van der Waals surface area contributed by atoms with Gasteiger partial charge in [0.15, 0.2) is 0 Å². The summed E-state index contributed by atoms with van der Waals surface area (Å²) >= 11 is 10.1. The predicted octanol–water partition coefficient (Wildman–Crippen LogP) is 4.86. The Morgan fingerprint density at radius 1 is 1.29 bits per heavy atom. The average molecular weight is 389 g/mol. The Balaban J connectivity index is 2.41. The summed E-state index contributed by atoms with van der Waals surface area (Å²) < 4.78 is 0.598. The highest BCUT2D eigenvalue weighted by Crippen LogP contribution is 2.37. The van der Waals surface area contributed by atoms with E-state index in [9.17, 15) is 14.9 Å². The maximum atomic E-state index is 11.0. The summed E-state index contributed by atoms with van der Waals surface area (Å²) in [7, 11) is 0. The van der Waals surface area contributed by atoms with Gasteiger partial charge in [-0.3, -0.25) is 10.1 Å². The second-order valence-electron chi connectivity index (χ2n) is 3.92. The van der Waals surface area contributed by atoms with E-state index in [0.717, 1.165) is 11.8 Å². The van der Waals surface area contributed by atoms with Gasteiger partial charge in [-0.25, -0.2) is 4.79 Å². The first-order valence-corrected chi connectivity index (χ1v) is 7.52. The zero-order valence-corrected chi connectivity index (χ0v) is 13.4. The fourth-order valence-corrected chi connectivity index (χ4v) is 3.07. The van der Waals surface area contributed by atoms with Crippen LogP contribution in [0.5, 0.6) is 0 Å². The SMILES string of the molecule is O=C(O)c1cc(Sc2ccc(Br)cc2[N+](=O)[O-])ccc1Cl. The first-order valence-electron chi connectivity index (χ1n) is 5.53. The highest BCUT2D eigenvalue weighted by Gasteiger charge is 2.17. The minimum Gasteiger partial charge on any atom is -0.478 e. The number of benzene rings is 2. The fourth-order valence-electron chi connectivity index (χ4n) is 1.58. The molecule has 0 fully saturated rings. The molecule has 0 aromatic heterocycles. The Labute approximate surface area is 137 Å². The standard InChI is InChI=1S/C13H7BrClNO4S/c14-7-1-4-12(11(5-7)16(19)20)21-8-2-3-10(15)9(6-8)13(17)18/h1-6H,(H,17,18). The van der Waals surface area contributed by atoms with E-state index in [-0.39, 0.29) is 16.3 Å². The highest BCUT2D eigenvalue weighted by atomic mass is 79.9. The molecule has 108 valence electrons. The maximum absolute atomic E-state index is 11.0. The van der Waals surface area contributed by atoms with Gasteiger partial charge in [0.05, 0.1) is 20.4 Å². The van der Waals surface area contributed by atoms with E-state index in [0.29, 0.717) is 14.3 Å². The van der Waals surface area contributed by atoms with Gasteiger partial charge >= 0.3 is 5.97 Å². The Morgan fingerprint density at radius 2 is 2.00 bits per heavy atom. The van der Waals surface area contributed by atoms with Crippen molar-refractivity contribution >= 4 is 50.9 Å². The molecule has 2 rings (SSSR count). The minimum atomic E-state index is -1.15. The maximum Gasteiger partial charge on any atom is 0.337 e. The van der Waals surface area contributed by atoms with Crippen molar-refractivity contribution in [2.75, 3.05) is 0 Å². The van der Waals surface area contributed by atoms with Gasteiger partial charge < -0.3 is 5.11 Å². The predicted molar refractivity (Wildman–Crippen MR) is 83.3 cm³/mol.